The molecule has 0 amide bonds. The molecule has 0 bridgehead atoms. The molecular formula is C18H19FN2O3S. The molecule has 2 aromatic rings. The molecule has 2 aromatic carbocycles. The smallest absolute Gasteiger partial charge is 0.307 e. The second-order valence-corrected chi connectivity index (χ2v) is 7.32. The summed E-state index contributed by atoms with van der Waals surface area (Å²) in [6.45, 7) is 2.26. The molecule has 0 radical (unpaired) electrons. The minimum atomic E-state index is -1.35. The van der Waals surface area contributed by atoms with Crippen LogP contribution in [0.5, 0.6) is 0 Å². The third-order valence-electron chi connectivity index (χ3n) is 4.12. The average Bonchev–Trinajstić information content (AvgIpc) is 2.61. The molecule has 3 rings (SSSR count). The van der Waals surface area contributed by atoms with Gasteiger partial charge in [-0.15, -0.1) is 0 Å². The minimum absolute atomic E-state index is 0.0912. The van der Waals surface area contributed by atoms with Gasteiger partial charge in [0.2, 0.25) is 0 Å². The average molecular weight is 362 g/mol. The number of para-hydroxylation sites is 1. The lowest BCUT2D eigenvalue weighted by Gasteiger charge is -2.35. The number of halogens is 1. The number of carboxylic acid groups (broad SMARTS) is 1. The molecule has 0 spiro atoms. The Morgan fingerprint density at radius 2 is 1.80 bits per heavy atom. The summed E-state index contributed by atoms with van der Waals surface area (Å²) in [5, 5.41) is 8.88. The van der Waals surface area contributed by atoms with Crippen molar-refractivity contribution in [2.24, 2.45) is 0 Å². The Balaban J connectivity index is 1.66. The van der Waals surface area contributed by atoms with E-state index in [0.29, 0.717) is 42.3 Å². The zero-order chi connectivity index (χ0) is 17.8. The van der Waals surface area contributed by atoms with Gasteiger partial charge in [0.1, 0.15) is 16.8 Å². The van der Waals surface area contributed by atoms with Crippen LogP contribution in [-0.2, 0) is 22.2 Å². The summed E-state index contributed by atoms with van der Waals surface area (Å²) >= 11 is 0. The van der Waals surface area contributed by atoms with Crippen molar-refractivity contribution < 1.29 is 18.5 Å². The third-order valence-corrected chi connectivity index (χ3v) is 5.61. The number of carboxylic acids is 1. The van der Waals surface area contributed by atoms with Gasteiger partial charge in [-0.2, -0.15) is 0 Å². The summed E-state index contributed by atoms with van der Waals surface area (Å²) in [5.74, 6) is -1.17. The van der Waals surface area contributed by atoms with Crippen LogP contribution in [0.1, 0.15) is 5.56 Å². The first kappa shape index (κ1) is 17.6. The standard InChI is InChI=1S/C18H19FN2O3S/c19-16-6-1-2-7-17(16)20-8-10-21(11-9-20)25(24)15-5-3-4-14(12-15)13-18(22)23/h1-7,12H,8-11,13H2,(H,22,23). The number of carbonyl (C=O) groups is 1. The monoisotopic (exact) mass is 362 g/mol. The Kier molecular flexibility index (Phi) is 5.45. The molecule has 1 fully saturated rings. The van der Waals surface area contributed by atoms with Crippen molar-refractivity contribution in [3.63, 3.8) is 0 Å². The van der Waals surface area contributed by atoms with Crippen molar-refractivity contribution in [3.8, 4) is 0 Å². The van der Waals surface area contributed by atoms with Crippen LogP contribution in [0.2, 0.25) is 0 Å². The van der Waals surface area contributed by atoms with Crippen molar-refractivity contribution in [1.82, 2.24) is 4.31 Å². The van der Waals surface area contributed by atoms with Crippen LogP contribution < -0.4 is 4.90 Å². The van der Waals surface area contributed by atoms with Crippen LogP contribution in [0.15, 0.2) is 53.4 Å². The summed E-state index contributed by atoms with van der Waals surface area (Å²) in [4.78, 5) is 13.4. The van der Waals surface area contributed by atoms with E-state index in [1.165, 1.54) is 6.07 Å². The molecule has 1 aliphatic rings. The Morgan fingerprint density at radius 3 is 2.48 bits per heavy atom. The Bertz CT molecular complexity index is 791. The number of rotatable bonds is 5. The fourth-order valence-electron chi connectivity index (χ4n) is 2.89. The lowest BCUT2D eigenvalue weighted by Crippen LogP contribution is -2.47. The molecule has 1 aliphatic heterocycles. The lowest BCUT2D eigenvalue weighted by atomic mass is 10.2. The highest BCUT2D eigenvalue weighted by Gasteiger charge is 2.23. The largest absolute Gasteiger partial charge is 0.481 e. The van der Waals surface area contributed by atoms with Gasteiger partial charge in [0.25, 0.3) is 0 Å². The fraction of sp³-hybridized carbons (Fsp3) is 0.278. The number of piperazine rings is 1. The predicted molar refractivity (Wildman–Crippen MR) is 94.4 cm³/mol. The molecule has 0 aromatic heterocycles. The van der Waals surface area contributed by atoms with Crippen LogP contribution in [0.25, 0.3) is 0 Å². The van der Waals surface area contributed by atoms with Gasteiger partial charge in [-0.3, -0.25) is 4.79 Å². The third kappa shape index (κ3) is 4.24. The van der Waals surface area contributed by atoms with Crippen LogP contribution in [0.4, 0.5) is 10.1 Å². The van der Waals surface area contributed by atoms with E-state index in [1.54, 1.807) is 42.5 Å². The van der Waals surface area contributed by atoms with Crippen molar-refractivity contribution in [3.05, 3.63) is 59.9 Å². The van der Waals surface area contributed by atoms with Crippen LogP contribution >= 0.6 is 0 Å². The van der Waals surface area contributed by atoms with Crippen molar-refractivity contribution in [2.75, 3.05) is 31.1 Å². The Hall–Kier alpha value is -2.25. The zero-order valence-electron chi connectivity index (χ0n) is 13.6. The van der Waals surface area contributed by atoms with Gasteiger partial charge in [-0.25, -0.2) is 12.9 Å². The maximum Gasteiger partial charge on any atom is 0.307 e. The maximum atomic E-state index is 13.9. The van der Waals surface area contributed by atoms with Crippen LogP contribution in [0, 0.1) is 5.82 Å². The number of benzene rings is 2. The fourth-order valence-corrected chi connectivity index (χ4v) is 4.13. The topological polar surface area (TPSA) is 60.9 Å². The number of anilines is 1. The summed E-state index contributed by atoms with van der Waals surface area (Å²) in [6.07, 6.45) is -0.0912. The molecule has 1 heterocycles. The van der Waals surface area contributed by atoms with E-state index in [9.17, 15) is 13.4 Å². The highest BCUT2D eigenvalue weighted by molar-refractivity contribution is 7.82. The van der Waals surface area contributed by atoms with E-state index >= 15 is 0 Å². The summed E-state index contributed by atoms with van der Waals surface area (Å²) in [7, 11) is -1.35. The van der Waals surface area contributed by atoms with E-state index < -0.39 is 17.0 Å². The maximum absolute atomic E-state index is 13.9. The van der Waals surface area contributed by atoms with Crippen molar-refractivity contribution in [1.29, 1.82) is 0 Å². The quantitative estimate of drug-likeness (QED) is 0.887. The van der Waals surface area contributed by atoms with E-state index in [-0.39, 0.29) is 12.2 Å². The van der Waals surface area contributed by atoms with E-state index in [1.807, 2.05) is 9.21 Å². The van der Waals surface area contributed by atoms with Gasteiger partial charge >= 0.3 is 5.97 Å². The van der Waals surface area contributed by atoms with Gasteiger partial charge in [0.15, 0.2) is 0 Å². The van der Waals surface area contributed by atoms with Gasteiger partial charge in [0.05, 0.1) is 17.0 Å². The highest BCUT2D eigenvalue weighted by atomic mass is 32.2. The van der Waals surface area contributed by atoms with Gasteiger partial charge in [-0.05, 0) is 29.8 Å². The van der Waals surface area contributed by atoms with Crippen molar-refractivity contribution >= 4 is 22.6 Å². The highest BCUT2D eigenvalue weighted by Crippen LogP contribution is 2.22. The molecule has 25 heavy (non-hydrogen) atoms. The molecular weight excluding hydrogens is 343 g/mol. The molecule has 1 unspecified atom stereocenters. The number of aliphatic carboxylic acids is 1. The lowest BCUT2D eigenvalue weighted by molar-refractivity contribution is -0.136. The second-order valence-electron chi connectivity index (χ2n) is 5.83. The number of hydrogen-bond acceptors (Lipinski definition) is 3. The SMILES string of the molecule is O=C(O)Cc1cccc(S(=O)N2CCN(c3ccccc3F)CC2)c1. The summed E-state index contributed by atoms with van der Waals surface area (Å²) in [6, 6.07) is 13.5. The first-order valence-corrected chi connectivity index (χ1v) is 9.12. The van der Waals surface area contributed by atoms with Crippen LogP contribution in [-0.4, -0.2) is 45.8 Å². The van der Waals surface area contributed by atoms with E-state index in [4.69, 9.17) is 5.11 Å². The molecule has 7 heteroatoms. The first-order chi connectivity index (χ1) is 12.0. The molecule has 0 aliphatic carbocycles. The number of hydrogen-bond donors (Lipinski definition) is 1. The van der Waals surface area contributed by atoms with Crippen LogP contribution in [0.3, 0.4) is 0 Å². The molecule has 0 saturated carbocycles. The van der Waals surface area contributed by atoms with Gasteiger partial charge in [-0.1, -0.05) is 24.3 Å². The predicted octanol–water partition coefficient (Wildman–Crippen LogP) is 2.30. The minimum Gasteiger partial charge on any atom is -0.481 e. The molecule has 132 valence electrons. The number of nitrogens with zero attached hydrogens (tertiary/aromatic N) is 2. The Labute approximate surface area is 148 Å². The second kappa shape index (κ2) is 7.76. The molecule has 1 atom stereocenters. The molecule has 1 N–H and O–H groups in total. The molecule has 1 saturated heterocycles. The van der Waals surface area contributed by atoms with E-state index in [0.717, 1.165) is 0 Å². The molecule has 5 nitrogen and oxygen atoms in total. The van der Waals surface area contributed by atoms with Gasteiger partial charge in [0, 0.05) is 26.2 Å². The zero-order valence-corrected chi connectivity index (χ0v) is 14.4. The Morgan fingerprint density at radius 1 is 1.08 bits per heavy atom. The van der Waals surface area contributed by atoms with E-state index in [2.05, 4.69) is 0 Å². The summed E-state index contributed by atoms with van der Waals surface area (Å²) in [5.41, 5.74) is 1.19. The first-order valence-electron chi connectivity index (χ1n) is 8.01. The summed E-state index contributed by atoms with van der Waals surface area (Å²) < 4.78 is 28.5. The normalized spacial score (nSPS) is 16.6. The van der Waals surface area contributed by atoms with Crippen molar-refractivity contribution in [2.45, 2.75) is 11.3 Å². The van der Waals surface area contributed by atoms with Gasteiger partial charge < -0.3 is 10.0 Å².